The Kier molecular flexibility index (Phi) is 4.99. The molecule has 128 valence electrons. The summed E-state index contributed by atoms with van der Waals surface area (Å²) in [6, 6.07) is 11.9. The Labute approximate surface area is 152 Å². The van der Waals surface area contributed by atoms with E-state index in [1.165, 1.54) is 11.8 Å². The van der Waals surface area contributed by atoms with Crippen LogP contribution in [0.15, 0.2) is 65.4 Å². The molecule has 0 amide bonds. The third kappa shape index (κ3) is 3.96. The fourth-order valence-corrected chi connectivity index (χ4v) is 3.11. The first-order valence-corrected chi connectivity index (χ1v) is 8.91. The van der Waals surface area contributed by atoms with Gasteiger partial charge in [0.05, 0.1) is 0 Å². The number of aromatic nitrogens is 5. The fourth-order valence-electron chi connectivity index (χ4n) is 2.31. The summed E-state index contributed by atoms with van der Waals surface area (Å²) < 4.78 is 2.05. The second-order valence-corrected chi connectivity index (χ2v) is 7.63. The van der Waals surface area contributed by atoms with E-state index in [0.717, 1.165) is 27.4 Å². The van der Waals surface area contributed by atoms with Gasteiger partial charge in [-0.1, -0.05) is 57.2 Å². The number of rotatable bonds is 5. The second-order valence-electron chi connectivity index (χ2n) is 6.64. The lowest BCUT2D eigenvalue weighted by molar-refractivity contribution is 0.538. The van der Waals surface area contributed by atoms with Crippen molar-refractivity contribution in [3.63, 3.8) is 0 Å². The predicted molar refractivity (Wildman–Crippen MR) is 101 cm³/mol. The Balaban J connectivity index is 1.96. The summed E-state index contributed by atoms with van der Waals surface area (Å²) in [5, 5.41) is 10.4. The maximum absolute atomic E-state index is 4.67. The van der Waals surface area contributed by atoms with Crippen molar-refractivity contribution in [2.24, 2.45) is 0 Å². The van der Waals surface area contributed by atoms with E-state index in [9.17, 15) is 0 Å². The molecule has 3 rings (SSSR count). The van der Waals surface area contributed by atoms with E-state index in [4.69, 9.17) is 0 Å². The molecule has 0 aliphatic carbocycles. The monoisotopic (exact) mass is 351 g/mol. The van der Waals surface area contributed by atoms with Gasteiger partial charge in [0, 0.05) is 23.7 Å². The zero-order chi connectivity index (χ0) is 17.9. The van der Waals surface area contributed by atoms with Crippen molar-refractivity contribution >= 4 is 11.8 Å². The summed E-state index contributed by atoms with van der Waals surface area (Å²) in [7, 11) is 0. The summed E-state index contributed by atoms with van der Waals surface area (Å²) in [5.41, 5.74) is 0.933. The largest absolute Gasteiger partial charge is 0.298 e. The van der Waals surface area contributed by atoms with Crippen LogP contribution in [0.3, 0.4) is 0 Å². The average molecular weight is 351 g/mol. The van der Waals surface area contributed by atoms with Crippen molar-refractivity contribution in [1.82, 2.24) is 24.7 Å². The number of hydrogen-bond acceptors (Lipinski definition) is 5. The second kappa shape index (κ2) is 7.19. The third-order valence-electron chi connectivity index (χ3n) is 3.56. The van der Waals surface area contributed by atoms with E-state index in [-0.39, 0.29) is 5.41 Å². The molecular formula is C19H21N5S. The molecule has 2 aromatic heterocycles. The summed E-state index contributed by atoms with van der Waals surface area (Å²) in [6.07, 6.45) is 3.64. The van der Waals surface area contributed by atoms with Crippen molar-refractivity contribution < 1.29 is 0 Å². The Bertz CT molecular complexity index is 865. The van der Waals surface area contributed by atoms with E-state index in [1.54, 1.807) is 6.20 Å². The van der Waals surface area contributed by atoms with Gasteiger partial charge < -0.3 is 0 Å². The molecule has 0 aliphatic heterocycles. The summed E-state index contributed by atoms with van der Waals surface area (Å²) in [5.74, 6) is 1.64. The van der Waals surface area contributed by atoms with Gasteiger partial charge in [0.25, 0.3) is 0 Å². The first kappa shape index (κ1) is 17.4. The highest BCUT2D eigenvalue weighted by Gasteiger charge is 2.19. The Morgan fingerprint density at radius 2 is 1.88 bits per heavy atom. The van der Waals surface area contributed by atoms with Crippen LogP contribution in [0.25, 0.3) is 11.4 Å². The number of benzene rings is 1. The first-order chi connectivity index (χ1) is 12.0. The normalized spacial score (nSPS) is 11.5. The van der Waals surface area contributed by atoms with E-state index in [0.29, 0.717) is 6.54 Å². The summed E-state index contributed by atoms with van der Waals surface area (Å²) >= 11 is 1.49. The number of hydrogen-bond donors (Lipinski definition) is 0. The van der Waals surface area contributed by atoms with Crippen molar-refractivity contribution in [3.8, 4) is 11.4 Å². The Morgan fingerprint density at radius 1 is 1.12 bits per heavy atom. The third-order valence-corrected chi connectivity index (χ3v) is 4.48. The maximum atomic E-state index is 4.67. The van der Waals surface area contributed by atoms with Gasteiger partial charge in [-0.2, -0.15) is 0 Å². The van der Waals surface area contributed by atoms with Crippen LogP contribution in [-0.2, 0) is 12.0 Å². The van der Waals surface area contributed by atoms with Crippen LogP contribution < -0.4 is 0 Å². The van der Waals surface area contributed by atoms with Gasteiger partial charge in [0.2, 0.25) is 0 Å². The van der Waals surface area contributed by atoms with Crippen LogP contribution in [0.4, 0.5) is 0 Å². The SMILES string of the molecule is C=CCn1c(Sc2ccnc(C(C)(C)C)n2)nnc1-c1ccccc1. The molecule has 0 unspecified atom stereocenters. The van der Waals surface area contributed by atoms with Gasteiger partial charge in [-0.05, 0) is 17.8 Å². The highest BCUT2D eigenvalue weighted by molar-refractivity contribution is 7.99. The van der Waals surface area contributed by atoms with Crippen LogP contribution >= 0.6 is 11.8 Å². The van der Waals surface area contributed by atoms with Crippen molar-refractivity contribution in [1.29, 1.82) is 0 Å². The molecule has 6 heteroatoms. The van der Waals surface area contributed by atoms with E-state index < -0.39 is 0 Å². The molecule has 5 nitrogen and oxygen atoms in total. The van der Waals surface area contributed by atoms with Crippen LogP contribution in [0, 0.1) is 0 Å². The molecule has 0 N–H and O–H groups in total. The molecule has 0 saturated carbocycles. The van der Waals surface area contributed by atoms with Gasteiger partial charge >= 0.3 is 0 Å². The lowest BCUT2D eigenvalue weighted by atomic mass is 9.96. The van der Waals surface area contributed by atoms with Gasteiger partial charge in [-0.15, -0.1) is 16.8 Å². The van der Waals surface area contributed by atoms with Crippen LogP contribution in [0.2, 0.25) is 0 Å². The highest BCUT2D eigenvalue weighted by Crippen LogP contribution is 2.29. The molecule has 2 heterocycles. The van der Waals surface area contributed by atoms with E-state index in [2.05, 4.69) is 47.5 Å². The summed E-state index contributed by atoms with van der Waals surface area (Å²) in [4.78, 5) is 9.05. The van der Waals surface area contributed by atoms with Gasteiger partial charge in [0.1, 0.15) is 10.9 Å². The quantitative estimate of drug-likeness (QED) is 0.505. The molecule has 1 aromatic carbocycles. The van der Waals surface area contributed by atoms with Gasteiger partial charge in [-0.25, -0.2) is 9.97 Å². The van der Waals surface area contributed by atoms with Crippen LogP contribution in [-0.4, -0.2) is 24.7 Å². The average Bonchev–Trinajstić information content (AvgIpc) is 2.98. The molecule has 0 spiro atoms. The Hall–Kier alpha value is -2.47. The van der Waals surface area contributed by atoms with Crippen molar-refractivity contribution in [2.75, 3.05) is 0 Å². The number of allylic oxidation sites excluding steroid dienone is 1. The fraction of sp³-hybridized carbons (Fsp3) is 0.263. The van der Waals surface area contributed by atoms with Crippen molar-refractivity contribution in [2.45, 2.75) is 42.9 Å². The van der Waals surface area contributed by atoms with E-state index in [1.807, 2.05) is 47.0 Å². The minimum absolute atomic E-state index is 0.0967. The minimum Gasteiger partial charge on any atom is -0.298 e. The molecule has 3 aromatic rings. The Morgan fingerprint density at radius 3 is 2.56 bits per heavy atom. The maximum Gasteiger partial charge on any atom is 0.198 e. The molecular weight excluding hydrogens is 330 g/mol. The lowest BCUT2D eigenvalue weighted by Gasteiger charge is -2.16. The molecule has 0 radical (unpaired) electrons. The topological polar surface area (TPSA) is 56.5 Å². The molecule has 0 atom stereocenters. The molecule has 0 bridgehead atoms. The van der Waals surface area contributed by atoms with E-state index >= 15 is 0 Å². The summed E-state index contributed by atoms with van der Waals surface area (Å²) in [6.45, 7) is 10.8. The predicted octanol–water partition coefficient (Wildman–Crippen LogP) is 4.37. The minimum atomic E-state index is -0.0967. The van der Waals surface area contributed by atoms with Gasteiger partial charge in [0.15, 0.2) is 11.0 Å². The van der Waals surface area contributed by atoms with Gasteiger partial charge in [-0.3, -0.25) is 4.57 Å². The molecule has 0 fully saturated rings. The van der Waals surface area contributed by atoms with Crippen LogP contribution in [0.5, 0.6) is 0 Å². The van der Waals surface area contributed by atoms with Crippen molar-refractivity contribution in [3.05, 3.63) is 61.1 Å². The molecule has 0 aliphatic rings. The number of nitrogens with zero attached hydrogens (tertiary/aromatic N) is 5. The first-order valence-electron chi connectivity index (χ1n) is 8.10. The lowest BCUT2D eigenvalue weighted by Crippen LogP contribution is -2.15. The zero-order valence-corrected chi connectivity index (χ0v) is 15.5. The molecule has 25 heavy (non-hydrogen) atoms. The van der Waals surface area contributed by atoms with Crippen LogP contribution in [0.1, 0.15) is 26.6 Å². The smallest absolute Gasteiger partial charge is 0.198 e. The standard InChI is InChI=1S/C19H21N5S/c1-5-13-24-16(14-9-7-6-8-10-14)22-23-18(24)25-15-11-12-20-17(21-15)19(2,3)4/h5-12H,1,13H2,2-4H3. The zero-order valence-electron chi connectivity index (χ0n) is 14.7. The molecule has 0 saturated heterocycles. The highest BCUT2D eigenvalue weighted by atomic mass is 32.2.